The maximum Gasteiger partial charge on any atom is 0.469 e. The molecule has 0 aliphatic heterocycles. The first-order valence-electron chi connectivity index (χ1n) is 3.82. The van der Waals surface area contributed by atoms with Gasteiger partial charge in [0, 0.05) is 6.54 Å². The van der Waals surface area contributed by atoms with Gasteiger partial charge in [0.15, 0.2) is 0 Å². The molecule has 0 radical (unpaired) electrons. The highest BCUT2D eigenvalue weighted by Crippen LogP contribution is 2.34. The molecule has 0 spiro atoms. The number of hydrogen-bond donors (Lipinski definition) is 3. The van der Waals surface area contributed by atoms with E-state index in [2.05, 4.69) is 23.7 Å². The average molecular weight is 197 g/mol. The van der Waals surface area contributed by atoms with Gasteiger partial charge in [0.25, 0.3) is 0 Å². The van der Waals surface area contributed by atoms with Crippen LogP contribution in [0.3, 0.4) is 0 Å². The van der Waals surface area contributed by atoms with Crippen LogP contribution < -0.4 is 5.32 Å². The molecule has 0 rings (SSSR count). The van der Waals surface area contributed by atoms with Crippen LogP contribution in [0.15, 0.2) is 0 Å². The lowest BCUT2D eigenvalue weighted by atomic mass is 10.2. The van der Waals surface area contributed by atoms with E-state index in [0.717, 1.165) is 6.54 Å². The zero-order valence-corrected chi connectivity index (χ0v) is 8.25. The Hall–Kier alpha value is 0.0700. The Balaban J connectivity index is 3.17. The second kappa shape index (κ2) is 5.67. The van der Waals surface area contributed by atoms with E-state index in [9.17, 15) is 4.57 Å². The highest BCUT2D eigenvalue weighted by molar-refractivity contribution is 7.46. The lowest BCUT2D eigenvalue weighted by Gasteiger charge is -2.07. The van der Waals surface area contributed by atoms with E-state index in [1.54, 1.807) is 0 Å². The highest BCUT2D eigenvalue weighted by Gasteiger charge is 2.12. The van der Waals surface area contributed by atoms with E-state index in [0.29, 0.717) is 12.5 Å². The predicted molar refractivity (Wildman–Crippen MR) is 45.7 cm³/mol. The molecule has 0 aliphatic carbocycles. The molecule has 6 heteroatoms. The molecule has 0 aromatic heterocycles. The van der Waals surface area contributed by atoms with Crippen molar-refractivity contribution in [3.63, 3.8) is 0 Å². The van der Waals surface area contributed by atoms with Crippen molar-refractivity contribution in [3.8, 4) is 0 Å². The zero-order chi connectivity index (χ0) is 9.61. The summed E-state index contributed by atoms with van der Waals surface area (Å²) in [5.74, 6) is 0.528. The first-order valence-corrected chi connectivity index (χ1v) is 5.35. The Morgan fingerprint density at radius 2 is 2.08 bits per heavy atom. The molecule has 74 valence electrons. The third-order valence-electron chi connectivity index (χ3n) is 1.09. The van der Waals surface area contributed by atoms with Gasteiger partial charge in [0.2, 0.25) is 0 Å². The summed E-state index contributed by atoms with van der Waals surface area (Å²) in [6, 6.07) is 0. The van der Waals surface area contributed by atoms with Crippen LogP contribution in [-0.4, -0.2) is 29.5 Å². The summed E-state index contributed by atoms with van der Waals surface area (Å²) >= 11 is 0. The molecule has 0 aliphatic rings. The smallest absolute Gasteiger partial charge is 0.314 e. The van der Waals surface area contributed by atoms with Crippen molar-refractivity contribution in [2.75, 3.05) is 19.7 Å². The van der Waals surface area contributed by atoms with Crippen molar-refractivity contribution in [2.45, 2.75) is 13.8 Å². The summed E-state index contributed by atoms with van der Waals surface area (Å²) < 4.78 is 14.4. The van der Waals surface area contributed by atoms with Gasteiger partial charge in [0.05, 0.1) is 6.61 Å². The summed E-state index contributed by atoms with van der Waals surface area (Å²) in [4.78, 5) is 16.6. The van der Waals surface area contributed by atoms with Crippen molar-refractivity contribution < 1.29 is 18.9 Å². The molecule has 0 atom stereocenters. The first-order chi connectivity index (χ1) is 5.42. The molecule has 0 heterocycles. The maximum atomic E-state index is 10.2. The average Bonchev–Trinajstić information content (AvgIpc) is 1.83. The highest BCUT2D eigenvalue weighted by atomic mass is 31.2. The second-order valence-electron chi connectivity index (χ2n) is 2.92. The number of hydrogen-bond acceptors (Lipinski definition) is 3. The predicted octanol–water partition coefficient (Wildman–Crippen LogP) is 0.341. The number of phosphoric acid groups is 1. The van der Waals surface area contributed by atoms with Crippen LogP contribution in [-0.2, 0) is 9.09 Å². The molecule has 0 unspecified atom stereocenters. The Bertz CT molecular complexity index is 156. The fraction of sp³-hybridized carbons (Fsp3) is 1.00. The van der Waals surface area contributed by atoms with Gasteiger partial charge in [-0.3, -0.25) is 4.52 Å². The van der Waals surface area contributed by atoms with E-state index < -0.39 is 7.82 Å². The van der Waals surface area contributed by atoms with E-state index in [1.807, 2.05) is 0 Å². The van der Waals surface area contributed by atoms with Crippen LogP contribution in [0.2, 0.25) is 0 Å². The molecule has 0 bridgehead atoms. The Morgan fingerprint density at radius 1 is 1.50 bits per heavy atom. The summed E-state index contributed by atoms with van der Waals surface area (Å²) in [5, 5.41) is 2.99. The minimum atomic E-state index is -4.27. The molecular weight excluding hydrogens is 181 g/mol. The van der Waals surface area contributed by atoms with Crippen LogP contribution in [0, 0.1) is 5.92 Å². The van der Waals surface area contributed by atoms with Gasteiger partial charge in [-0.15, -0.1) is 0 Å². The Labute approximate surface area is 72.4 Å². The van der Waals surface area contributed by atoms with Crippen LogP contribution in [0.25, 0.3) is 0 Å². The molecule has 5 nitrogen and oxygen atoms in total. The van der Waals surface area contributed by atoms with E-state index in [-0.39, 0.29) is 6.61 Å². The van der Waals surface area contributed by atoms with Crippen LogP contribution in [0.5, 0.6) is 0 Å². The molecular formula is C6H16NO4P. The van der Waals surface area contributed by atoms with Gasteiger partial charge in [0.1, 0.15) is 0 Å². The van der Waals surface area contributed by atoms with Crippen molar-refractivity contribution in [1.82, 2.24) is 5.32 Å². The normalized spacial score (nSPS) is 12.4. The van der Waals surface area contributed by atoms with Gasteiger partial charge in [-0.25, -0.2) is 4.57 Å². The molecule has 0 aromatic carbocycles. The molecule has 12 heavy (non-hydrogen) atoms. The third kappa shape index (κ3) is 10.1. The quantitative estimate of drug-likeness (QED) is 0.422. The van der Waals surface area contributed by atoms with Crippen molar-refractivity contribution in [2.24, 2.45) is 5.92 Å². The molecule has 0 saturated heterocycles. The lowest BCUT2D eigenvalue weighted by Crippen LogP contribution is -2.23. The second-order valence-corrected chi connectivity index (χ2v) is 4.16. The Morgan fingerprint density at radius 3 is 2.50 bits per heavy atom. The number of phosphoric ester groups is 1. The monoisotopic (exact) mass is 197 g/mol. The van der Waals surface area contributed by atoms with Gasteiger partial charge in [-0.2, -0.15) is 0 Å². The summed E-state index contributed by atoms with van der Waals surface area (Å²) in [6.45, 7) is 5.43. The topological polar surface area (TPSA) is 78.8 Å². The fourth-order valence-electron chi connectivity index (χ4n) is 0.627. The standard InChI is InChI=1S/C6H16NO4P/c1-6(2)5-7-3-4-11-12(8,9)10/h6-7H,3-5H2,1-2H3,(H2,8,9,10). The number of nitrogens with one attached hydrogen (secondary N) is 1. The largest absolute Gasteiger partial charge is 0.469 e. The van der Waals surface area contributed by atoms with E-state index >= 15 is 0 Å². The van der Waals surface area contributed by atoms with E-state index in [1.165, 1.54) is 0 Å². The van der Waals surface area contributed by atoms with Gasteiger partial charge >= 0.3 is 7.82 Å². The van der Waals surface area contributed by atoms with Crippen LogP contribution >= 0.6 is 7.82 Å². The van der Waals surface area contributed by atoms with Crippen LogP contribution in [0.1, 0.15) is 13.8 Å². The molecule has 3 N–H and O–H groups in total. The minimum Gasteiger partial charge on any atom is -0.314 e. The van der Waals surface area contributed by atoms with Crippen molar-refractivity contribution in [3.05, 3.63) is 0 Å². The molecule has 0 saturated carbocycles. The van der Waals surface area contributed by atoms with Gasteiger partial charge in [-0.05, 0) is 12.5 Å². The molecule has 0 amide bonds. The van der Waals surface area contributed by atoms with Crippen molar-refractivity contribution in [1.29, 1.82) is 0 Å². The van der Waals surface area contributed by atoms with Crippen LogP contribution in [0.4, 0.5) is 0 Å². The van der Waals surface area contributed by atoms with Gasteiger partial charge in [-0.1, -0.05) is 13.8 Å². The minimum absolute atomic E-state index is 0.0387. The lowest BCUT2D eigenvalue weighted by molar-refractivity contribution is 0.197. The Kier molecular flexibility index (Phi) is 5.70. The SMILES string of the molecule is CC(C)CNCCOP(=O)(O)O. The third-order valence-corrected chi connectivity index (χ3v) is 1.61. The maximum absolute atomic E-state index is 10.2. The molecule has 0 fully saturated rings. The molecule has 0 aromatic rings. The summed E-state index contributed by atoms with van der Waals surface area (Å²) in [5.41, 5.74) is 0. The summed E-state index contributed by atoms with van der Waals surface area (Å²) in [7, 11) is -4.27. The fourth-order valence-corrected chi connectivity index (χ4v) is 0.957. The number of rotatable bonds is 6. The first kappa shape index (κ1) is 12.1. The summed E-state index contributed by atoms with van der Waals surface area (Å²) in [6.07, 6.45) is 0. The van der Waals surface area contributed by atoms with E-state index in [4.69, 9.17) is 9.79 Å². The van der Waals surface area contributed by atoms with Gasteiger partial charge < -0.3 is 15.1 Å². The zero-order valence-electron chi connectivity index (χ0n) is 7.36. The van der Waals surface area contributed by atoms with Crippen molar-refractivity contribution >= 4 is 7.82 Å².